The zero-order valence-electron chi connectivity index (χ0n) is 12.1. The fraction of sp³-hybridized carbons (Fsp3) is 0.188. The average Bonchev–Trinajstić information content (AvgIpc) is 2.53. The quantitative estimate of drug-likeness (QED) is 0.488. The molecule has 0 fully saturated rings. The molecule has 5 heteroatoms. The molecule has 3 N–H and O–H groups in total. The lowest BCUT2D eigenvalue weighted by Crippen LogP contribution is -2.11. The van der Waals surface area contributed by atoms with E-state index in [4.69, 9.17) is 20.6 Å². The van der Waals surface area contributed by atoms with Gasteiger partial charge in [0.15, 0.2) is 0 Å². The molecule has 0 radical (unpaired) electrons. The Morgan fingerprint density at radius 2 is 1.81 bits per heavy atom. The molecule has 0 spiro atoms. The smallest absolute Gasteiger partial charge is 0.122 e. The van der Waals surface area contributed by atoms with E-state index >= 15 is 0 Å². The van der Waals surface area contributed by atoms with Crippen molar-refractivity contribution in [3.8, 4) is 11.5 Å². The number of ether oxygens (including phenoxy) is 2. The van der Waals surface area contributed by atoms with Crippen molar-refractivity contribution in [2.75, 3.05) is 14.2 Å². The summed E-state index contributed by atoms with van der Waals surface area (Å²) in [6.45, 7) is 0. The van der Waals surface area contributed by atoms with Crippen LogP contribution in [-0.4, -0.2) is 20.1 Å². The molecular formula is C16H18N2O2S. The minimum Gasteiger partial charge on any atom is -0.497 e. The summed E-state index contributed by atoms with van der Waals surface area (Å²) in [5.41, 5.74) is 7.26. The van der Waals surface area contributed by atoms with E-state index in [2.05, 4.69) is 0 Å². The van der Waals surface area contributed by atoms with Crippen LogP contribution < -0.4 is 15.2 Å². The molecule has 2 rings (SSSR count). The third-order valence-corrected chi connectivity index (χ3v) is 4.11. The predicted octanol–water partition coefficient (Wildman–Crippen LogP) is 3.28. The minimum atomic E-state index is 0.0633. The van der Waals surface area contributed by atoms with Gasteiger partial charge in [0.25, 0.3) is 0 Å². The normalized spacial score (nSPS) is 10.2. The van der Waals surface area contributed by atoms with E-state index in [1.54, 1.807) is 32.0 Å². The Bertz CT molecular complexity index is 627. The summed E-state index contributed by atoms with van der Waals surface area (Å²) >= 11 is 1.70. The number of benzene rings is 2. The Morgan fingerprint density at radius 3 is 2.38 bits per heavy atom. The zero-order chi connectivity index (χ0) is 15.2. The van der Waals surface area contributed by atoms with Gasteiger partial charge >= 0.3 is 0 Å². The Morgan fingerprint density at radius 1 is 1.10 bits per heavy atom. The minimum absolute atomic E-state index is 0.0633. The van der Waals surface area contributed by atoms with Gasteiger partial charge in [-0.1, -0.05) is 0 Å². The second-order valence-electron chi connectivity index (χ2n) is 4.40. The maximum atomic E-state index is 7.52. The Balaban J connectivity index is 2.13. The lowest BCUT2D eigenvalue weighted by molar-refractivity contribution is 0.411. The van der Waals surface area contributed by atoms with Crippen LogP contribution in [0.25, 0.3) is 0 Å². The average molecular weight is 302 g/mol. The summed E-state index contributed by atoms with van der Waals surface area (Å²) in [4.78, 5) is 1.14. The standard InChI is InChI=1S/C16H18N2O2S/c1-19-13-4-6-14(7-5-13)21-10-12-9-11(16(17)18)3-8-15(12)20-2/h3-9H,10H2,1-2H3,(H3,17,18). The molecule has 0 heterocycles. The number of nitrogen functional groups attached to an aromatic ring is 1. The van der Waals surface area contributed by atoms with Crippen molar-refractivity contribution in [3.63, 3.8) is 0 Å². The van der Waals surface area contributed by atoms with E-state index in [9.17, 15) is 0 Å². The highest BCUT2D eigenvalue weighted by Gasteiger charge is 2.07. The molecule has 0 bridgehead atoms. The molecule has 0 aliphatic rings. The molecule has 0 aliphatic heterocycles. The molecule has 0 saturated carbocycles. The molecule has 4 nitrogen and oxygen atoms in total. The largest absolute Gasteiger partial charge is 0.497 e. The summed E-state index contributed by atoms with van der Waals surface area (Å²) in [5.74, 6) is 2.46. The Kier molecular flexibility index (Phi) is 5.11. The number of hydrogen-bond acceptors (Lipinski definition) is 4. The van der Waals surface area contributed by atoms with Crippen molar-refractivity contribution in [2.45, 2.75) is 10.6 Å². The number of methoxy groups -OCH3 is 2. The van der Waals surface area contributed by atoms with E-state index in [1.165, 1.54) is 0 Å². The van der Waals surface area contributed by atoms with E-state index in [0.29, 0.717) is 5.56 Å². The van der Waals surface area contributed by atoms with Crippen LogP contribution in [0.1, 0.15) is 11.1 Å². The summed E-state index contributed by atoms with van der Waals surface area (Å²) in [6, 6.07) is 13.5. The van der Waals surface area contributed by atoms with Gasteiger partial charge in [-0.3, -0.25) is 5.41 Å². The highest BCUT2D eigenvalue weighted by molar-refractivity contribution is 7.98. The van der Waals surface area contributed by atoms with Crippen LogP contribution in [0.2, 0.25) is 0 Å². The number of nitrogens with one attached hydrogen (secondary N) is 1. The highest BCUT2D eigenvalue weighted by Crippen LogP contribution is 2.29. The molecule has 0 aliphatic carbocycles. The number of nitrogens with two attached hydrogens (primary N) is 1. The first-order chi connectivity index (χ1) is 10.1. The maximum Gasteiger partial charge on any atom is 0.122 e. The highest BCUT2D eigenvalue weighted by atomic mass is 32.2. The topological polar surface area (TPSA) is 68.3 Å². The van der Waals surface area contributed by atoms with Gasteiger partial charge in [-0.15, -0.1) is 11.8 Å². The molecule has 0 amide bonds. The third-order valence-electron chi connectivity index (χ3n) is 3.05. The van der Waals surface area contributed by atoms with Gasteiger partial charge in [0, 0.05) is 21.8 Å². The third kappa shape index (κ3) is 3.92. The van der Waals surface area contributed by atoms with Gasteiger partial charge in [0.2, 0.25) is 0 Å². The van der Waals surface area contributed by atoms with Gasteiger partial charge in [-0.2, -0.15) is 0 Å². The van der Waals surface area contributed by atoms with E-state index < -0.39 is 0 Å². The molecule has 110 valence electrons. The first kappa shape index (κ1) is 15.3. The number of rotatable bonds is 6. The molecule has 0 atom stereocenters. The van der Waals surface area contributed by atoms with Crippen molar-refractivity contribution in [1.82, 2.24) is 0 Å². The lowest BCUT2D eigenvalue weighted by atomic mass is 10.1. The molecule has 0 aromatic heterocycles. The molecule has 0 unspecified atom stereocenters. The van der Waals surface area contributed by atoms with Gasteiger partial charge < -0.3 is 15.2 Å². The van der Waals surface area contributed by atoms with Gasteiger partial charge in [-0.05, 0) is 42.5 Å². The van der Waals surface area contributed by atoms with Crippen LogP contribution in [0, 0.1) is 5.41 Å². The Hall–Kier alpha value is -2.14. The fourth-order valence-corrected chi connectivity index (χ4v) is 2.77. The molecule has 0 saturated heterocycles. The van der Waals surface area contributed by atoms with Crippen LogP contribution >= 0.6 is 11.8 Å². The summed E-state index contributed by atoms with van der Waals surface area (Å²) in [7, 11) is 3.30. The second kappa shape index (κ2) is 7.04. The molecule has 2 aromatic rings. The Labute approximate surface area is 128 Å². The van der Waals surface area contributed by atoms with Crippen LogP contribution in [0.5, 0.6) is 11.5 Å². The van der Waals surface area contributed by atoms with Crippen molar-refractivity contribution in [3.05, 3.63) is 53.6 Å². The van der Waals surface area contributed by atoms with Crippen LogP contribution in [-0.2, 0) is 5.75 Å². The summed E-state index contributed by atoms with van der Waals surface area (Å²) < 4.78 is 10.5. The number of hydrogen-bond donors (Lipinski definition) is 2. The summed E-state index contributed by atoms with van der Waals surface area (Å²) in [5, 5.41) is 7.52. The van der Waals surface area contributed by atoms with Gasteiger partial charge in [0.1, 0.15) is 17.3 Å². The first-order valence-corrected chi connectivity index (χ1v) is 7.40. The molecular weight excluding hydrogens is 284 g/mol. The second-order valence-corrected chi connectivity index (χ2v) is 5.45. The maximum absolute atomic E-state index is 7.52. The van der Waals surface area contributed by atoms with Crippen LogP contribution in [0.4, 0.5) is 0 Å². The summed E-state index contributed by atoms with van der Waals surface area (Å²) in [6.07, 6.45) is 0. The van der Waals surface area contributed by atoms with E-state index in [0.717, 1.165) is 27.7 Å². The SMILES string of the molecule is COc1ccc(SCc2cc(C(=N)N)ccc2OC)cc1. The van der Waals surface area contributed by atoms with Gasteiger partial charge in [0.05, 0.1) is 14.2 Å². The van der Waals surface area contributed by atoms with E-state index in [1.807, 2.05) is 36.4 Å². The van der Waals surface area contributed by atoms with Gasteiger partial charge in [-0.25, -0.2) is 0 Å². The van der Waals surface area contributed by atoms with Crippen LogP contribution in [0.15, 0.2) is 47.4 Å². The lowest BCUT2D eigenvalue weighted by Gasteiger charge is -2.10. The van der Waals surface area contributed by atoms with Crippen molar-refractivity contribution >= 4 is 17.6 Å². The van der Waals surface area contributed by atoms with Crippen molar-refractivity contribution in [2.24, 2.45) is 5.73 Å². The number of thioether (sulfide) groups is 1. The van der Waals surface area contributed by atoms with Crippen molar-refractivity contribution < 1.29 is 9.47 Å². The van der Waals surface area contributed by atoms with E-state index in [-0.39, 0.29) is 5.84 Å². The molecule has 2 aromatic carbocycles. The zero-order valence-corrected chi connectivity index (χ0v) is 12.9. The fourth-order valence-electron chi connectivity index (χ4n) is 1.89. The first-order valence-electron chi connectivity index (χ1n) is 6.42. The van der Waals surface area contributed by atoms with Crippen molar-refractivity contribution in [1.29, 1.82) is 5.41 Å². The molecule has 21 heavy (non-hydrogen) atoms. The van der Waals surface area contributed by atoms with Crippen LogP contribution in [0.3, 0.4) is 0 Å². The predicted molar refractivity (Wildman–Crippen MR) is 86.6 cm³/mol. The monoisotopic (exact) mass is 302 g/mol. The number of amidine groups is 1.